The minimum Gasteiger partial charge on any atom is -0.377 e. The summed E-state index contributed by atoms with van der Waals surface area (Å²) in [4.78, 5) is 11.8. The van der Waals surface area contributed by atoms with Crippen molar-refractivity contribution in [3.8, 4) is 0 Å². The molecule has 0 N–H and O–H groups in total. The molecule has 1 saturated heterocycles. The summed E-state index contributed by atoms with van der Waals surface area (Å²) in [7, 11) is 0. The second-order valence-electron chi connectivity index (χ2n) is 8.12. The molecular weight excluding hydrogens is 416 g/mol. The van der Waals surface area contributed by atoms with Crippen LogP contribution >= 0.6 is 0 Å². The molecule has 0 saturated carbocycles. The lowest BCUT2D eigenvalue weighted by atomic mass is 10.1. The average Bonchev–Trinajstić information content (AvgIpc) is 3.22. The maximum Gasteiger partial charge on any atom is 0.151 e. The van der Waals surface area contributed by atoms with Gasteiger partial charge in [0, 0.05) is 6.61 Å². The first kappa shape index (κ1) is 23.3. The van der Waals surface area contributed by atoms with Crippen LogP contribution in [0.4, 0.5) is 0 Å². The molecule has 1 fully saturated rings. The normalized spacial score (nSPS) is 22.3. The van der Waals surface area contributed by atoms with Gasteiger partial charge in [0.25, 0.3) is 0 Å². The Morgan fingerprint density at radius 1 is 0.667 bits per heavy atom. The monoisotopic (exact) mass is 446 g/mol. The van der Waals surface area contributed by atoms with E-state index in [1.165, 1.54) is 0 Å². The second-order valence-corrected chi connectivity index (χ2v) is 8.12. The Balaban J connectivity index is 1.39. The van der Waals surface area contributed by atoms with Crippen molar-refractivity contribution in [2.45, 2.75) is 50.7 Å². The van der Waals surface area contributed by atoms with E-state index in [2.05, 4.69) is 0 Å². The number of carbonyl (C=O) groups is 1. The summed E-state index contributed by atoms with van der Waals surface area (Å²) in [5.74, 6) is 0. The van der Waals surface area contributed by atoms with E-state index in [-0.39, 0.29) is 12.2 Å². The molecule has 0 radical (unpaired) electrons. The smallest absolute Gasteiger partial charge is 0.151 e. The highest BCUT2D eigenvalue weighted by atomic mass is 16.6. The van der Waals surface area contributed by atoms with Gasteiger partial charge in [0.15, 0.2) is 6.29 Å². The molecule has 0 amide bonds. The molecule has 0 bridgehead atoms. The van der Waals surface area contributed by atoms with E-state index in [0.29, 0.717) is 32.8 Å². The SMILES string of the molecule is O=C[C@H]1O[C@H](CCOCc2ccccc2)[C@H](OCc2ccccc2)[C@H]1OCc1ccccc1. The van der Waals surface area contributed by atoms with Crippen LogP contribution in [0.25, 0.3) is 0 Å². The van der Waals surface area contributed by atoms with E-state index in [9.17, 15) is 4.79 Å². The Labute approximate surface area is 195 Å². The van der Waals surface area contributed by atoms with Gasteiger partial charge in [-0.2, -0.15) is 0 Å². The third-order valence-corrected chi connectivity index (χ3v) is 5.71. The first-order valence-electron chi connectivity index (χ1n) is 11.4. The molecule has 0 spiro atoms. The van der Waals surface area contributed by atoms with E-state index < -0.39 is 12.2 Å². The van der Waals surface area contributed by atoms with Crippen LogP contribution in [0.3, 0.4) is 0 Å². The molecule has 1 aliphatic heterocycles. The van der Waals surface area contributed by atoms with Crippen LogP contribution in [0.15, 0.2) is 91.0 Å². The summed E-state index contributed by atoms with van der Waals surface area (Å²) in [6.07, 6.45) is -0.384. The highest BCUT2D eigenvalue weighted by Gasteiger charge is 2.46. The fourth-order valence-corrected chi connectivity index (χ4v) is 3.99. The molecule has 0 aromatic heterocycles. The Kier molecular flexibility index (Phi) is 8.78. The first-order valence-corrected chi connectivity index (χ1v) is 11.4. The van der Waals surface area contributed by atoms with E-state index in [1.54, 1.807) is 0 Å². The van der Waals surface area contributed by atoms with E-state index in [1.807, 2.05) is 91.0 Å². The molecule has 5 heteroatoms. The molecule has 0 aliphatic carbocycles. The summed E-state index contributed by atoms with van der Waals surface area (Å²) in [5, 5.41) is 0. The summed E-state index contributed by atoms with van der Waals surface area (Å²) in [5.41, 5.74) is 3.23. The number of benzene rings is 3. The Morgan fingerprint density at radius 2 is 1.15 bits per heavy atom. The van der Waals surface area contributed by atoms with Gasteiger partial charge in [-0.25, -0.2) is 0 Å². The fourth-order valence-electron chi connectivity index (χ4n) is 3.99. The lowest BCUT2D eigenvalue weighted by Gasteiger charge is -2.24. The first-order chi connectivity index (χ1) is 16.3. The van der Waals surface area contributed by atoms with Crippen LogP contribution in [-0.4, -0.2) is 37.3 Å². The van der Waals surface area contributed by atoms with Crippen molar-refractivity contribution < 1.29 is 23.7 Å². The van der Waals surface area contributed by atoms with E-state index >= 15 is 0 Å². The highest BCUT2D eigenvalue weighted by molar-refractivity contribution is 5.58. The van der Waals surface area contributed by atoms with Crippen LogP contribution in [0.5, 0.6) is 0 Å². The van der Waals surface area contributed by atoms with Crippen LogP contribution in [0, 0.1) is 0 Å². The van der Waals surface area contributed by atoms with Gasteiger partial charge in [0.05, 0.1) is 25.9 Å². The quantitative estimate of drug-likeness (QED) is 0.297. The maximum absolute atomic E-state index is 11.8. The standard InChI is InChI=1S/C28H30O5/c29-18-26-28(32-21-24-14-8-3-9-15-24)27(31-20-23-12-6-2-7-13-23)25(33-26)16-17-30-19-22-10-4-1-5-11-22/h1-15,18,25-28H,16-17,19-21H2/t25-,26-,27+,28+/m1/s1. The third-order valence-electron chi connectivity index (χ3n) is 5.71. The highest BCUT2D eigenvalue weighted by Crippen LogP contribution is 2.29. The zero-order chi connectivity index (χ0) is 22.7. The van der Waals surface area contributed by atoms with Crippen LogP contribution in [-0.2, 0) is 43.6 Å². The molecule has 33 heavy (non-hydrogen) atoms. The average molecular weight is 447 g/mol. The predicted molar refractivity (Wildman–Crippen MR) is 125 cm³/mol. The van der Waals surface area contributed by atoms with Crippen LogP contribution < -0.4 is 0 Å². The van der Waals surface area contributed by atoms with Gasteiger partial charge in [-0.15, -0.1) is 0 Å². The minimum absolute atomic E-state index is 0.291. The molecule has 1 aliphatic rings. The molecule has 0 unspecified atom stereocenters. The van der Waals surface area contributed by atoms with Crippen LogP contribution in [0.2, 0.25) is 0 Å². The van der Waals surface area contributed by atoms with Gasteiger partial charge in [-0.1, -0.05) is 91.0 Å². The Bertz CT molecular complexity index is 948. The topological polar surface area (TPSA) is 54.0 Å². The zero-order valence-corrected chi connectivity index (χ0v) is 18.6. The number of carbonyl (C=O) groups excluding carboxylic acids is 1. The maximum atomic E-state index is 11.8. The van der Waals surface area contributed by atoms with Crippen molar-refractivity contribution >= 4 is 6.29 Å². The van der Waals surface area contributed by atoms with Gasteiger partial charge in [0.1, 0.15) is 18.3 Å². The van der Waals surface area contributed by atoms with Gasteiger partial charge in [-0.3, -0.25) is 0 Å². The molecule has 3 aromatic carbocycles. The molecule has 3 aromatic rings. The summed E-state index contributed by atoms with van der Waals surface area (Å²) in [6.45, 7) is 1.85. The largest absolute Gasteiger partial charge is 0.377 e. The lowest BCUT2D eigenvalue weighted by Crippen LogP contribution is -2.38. The third kappa shape index (κ3) is 6.83. The summed E-state index contributed by atoms with van der Waals surface area (Å²) < 4.78 is 24.4. The van der Waals surface area contributed by atoms with Crippen molar-refractivity contribution in [2.24, 2.45) is 0 Å². The predicted octanol–water partition coefficient (Wildman–Crippen LogP) is 4.73. The Morgan fingerprint density at radius 3 is 1.67 bits per heavy atom. The molecule has 4 rings (SSSR count). The fraction of sp³-hybridized carbons (Fsp3) is 0.321. The van der Waals surface area contributed by atoms with Crippen molar-refractivity contribution in [3.05, 3.63) is 108 Å². The second kappa shape index (κ2) is 12.4. The van der Waals surface area contributed by atoms with Gasteiger partial charge in [0.2, 0.25) is 0 Å². The van der Waals surface area contributed by atoms with Gasteiger partial charge >= 0.3 is 0 Å². The van der Waals surface area contributed by atoms with E-state index in [4.69, 9.17) is 18.9 Å². The number of ether oxygens (including phenoxy) is 4. The summed E-state index contributed by atoms with van der Waals surface area (Å²) >= 11 is 0. The van der Waals surface area contributed by atoms with Gasteiger partial charge < -0.3 is 23.7 Å². The number of aldehydes is 1. The molecular formula is C28H30O5. The Hall–Kier alpha value is -2.83. The van der Waals surface area contributed by atoms with Crippen molar-refractivity contribution in [3.63, 3.8) is 0 Å². The number of hydrogen-bond acceptors (Lipinski definition) is 5. The number of rotatable bonds is 12. The van der Waals surface area contributed by atoms with Crippen molar-refractivity contribution in [1.82, 2.24) is 0 Å². The van der Waals surface area contributed by atoms with Gasteiger partial charge in [-0.05, 0) is 23.1 Å². The molecule has 5 nitrogen and oxygen atoms in total. The van der Waals surface area contributed by atoms with E-state index in [0.717, 1.165) is 23.0 Å². The summed E-state index contributed by atoms with van der Waals surface area (Å²) in [6, 6.07) is 29.9. The van der Waals surface area contributed by atoms with Crippen molar-refractivity contribution in [1.29, 1.82) is 0 Å². The minimum atomic E-state index is -0.673. The molecule has 4 atom stereocenters. The molecule has 172 valence electrons. The van der Waals surface area contributed by atoms with Crippen molar-refractivity contribution in [2.75, 3.05) is 6.61 Å². The molecule has 1 heterocycles. The van der Waals surface area contributed by atoms with Crippen LogP contribution in [0.1, 0.15) is 23.1 Å². The number of hydrogen-bond donors (Lipinski definition) is 0. The lowest BCUT2D eigenvalue weighted by molar-refractivity contribution is -0.124. The zero-order valence-electron chi connectivity index (χ0n) is 18.6.